The fraction of sp³-hybridized carbons (Fsp3) is 0. The van der Waals surface area contributed by atoms with E-state index in [1.54, 1.807) is 18.6 Å². The van der Waals surface area contributed by atoms with Crippen LogP contribution in [-0.2, 0) is 21.1 Å². The maximum Gasteiger partial charge on any atom is 2.00 e. The number of hydrogen-bond acceptors (Lipinski definition) is 5. The second-order valence-corrected chi connectivity index (χ2v) is 10.4. The summed E-state index contributed by atoms with van der Waals surface area (Å²) in [6.45, 7) is 0. The molecule has 5 heterocycles. The maximum atomic E-state index is 6.29. The Bertz CT molecular complexity index is 2410. The molecule has 0 saturated carbocycles. The van der Waals surface area contributed by atoms with Crippen LogP contribution in [0.5, 0.6) is 0 Å². The molecule has 8 nitrogen and oxygen atoms in total. The minimum Gasteiger partial charge on any atom is -0.481 e. The molecule has 0 spiro atoms. The van der Waals surface area contributed by atoms with Gasteiger partial charge in [-0.05, 0) is 76.5 Å². The maximum absolute atomic E-state index is 6.29. The van der Waals surface area contributed by atoms with Gasteiger partial charge < -0.3 is 14.0 Å². The summed E-state index contributed by atoms with van der Waals surface area (Å²) in [5.41, 5.74) is 8.45. The van der Waals surface area contributed by atoms with Crippen LogP contribution >= 0.6 is 0 Å². The van der Waals surface area contributed by atoms with Crippen molar-refractivity contribution < 1.29 is 25.5 Å². The van der Waals surface area contributed by atoms with Gasteiger partial charge in [-0.15, -0.1) is 42.0 Å². The molecule has 9 rings (SSSR count). The van der Waals surface area contributed by atoms with Gasteiger partial charge in [-0.2, -0.15) is 10.2 Å². The van der Waals surface area contributed by atoms with Gasteiger partial charge in [0.2, 0.25) is 0 Å². The van der Waals surface area contributed by atoms with Crippen molar-refractivity contribution >= 4 is 32.9 Å². The molecule has 5 aromatic heterocycles. The van der Waals surface area contributed by atoms with E-state index in [-0.39, 0.29) is 21.1 Å². The Kier molecular flexibility index (Phi) is 6.50. The predicted octanol–water partition coefficient (Wildman–Crippen LogP) is 7.62. The Balaban J connectivity index is 0.00000300. The van der Waals surface area contributed by atoms with E-state index < -0.39 is 0 Å². The van der Waals surface area contributed by atoms with Crippen LogP contribution in [0.3, 0.4) is 0 Å². The number of nitrogens with zero attached hydrogens (tertiary/aromatic N) is 7. The standard InChI is InChI=1S/C36H21N7O.Pt/c1-2-12-35-31(11-1)40-36(44-35)29-23-34-28(22-33(29)42-19-7-17-39-42)27-21-25(41-18-6-16-38-41)13-14-32(27)43(34)26-9-5-8-24(20-26)30-10-3-4-15-37-30;/h1-19,21-22H;/q-2;+2. The average molecular weight is 763 g/mol. The number of pyridine rings is 1. The molecule has 0 radical (unpaired) electrons. The number of rotatable bonds is 5. The van der Waals surface area contributed by atoms with E-state index in [1.807, 2.05) is 88.5 Å². The van der Waals surface area contributed by atoms with E-state index in [0.717, 1.165) is 55.6 Å². The minimum atomic E-state index is 0. The van der Waals surface area contributed by atoms with Gasteiger partial charge in [0.05, 0.1) is 11.2 Å². The van der Waals surface area contributed by atoms with Crippen molar-refractivity contribution in [1.82, 2.24) is 34.1 Å². The van der Waals surface area contributed by atoms with Gasteiger partial charge in [-0.3, -0.25) is 9.67 Å². The van der Waals surface area contributed by atoms with Gasteiger partial charge in [-0.25, -0.2) is 4.68 Å². The number of hydrogen-bond donors (Lipinski definition) is 0. The Morgan fingerprint density at radius 1 is 0.689 bits per heavy atom. The van der Waals surface area contributed by atoms with Crippen LogP contribution < -0.4 is 0 Å². The predicted molar refractivity (Wildman–Crippen MR) is 169 cm³/mol. The van der Waals surface area contributed by atoms with Crippen molar-refractivity contribution in [2.45, 2.75) is 0 Å². The average Bonchev–Trinajstić information content (AvgIpc) is 3.90. The molecular formula is C36H21N7OPt. The molecule has 0 aliphatic heterocycles. The summed E-state index contributed by atoms with van der Waals surface area (Å²) in [5, 5.41) is 11.1. The summed E-state index contributed by atoms with van der Waals surface area (Å²) in [4.78, 5) is 9.40. The molecule has 0 amide bonds. The van der Waals surface area contributed by atoms with Crippen LogP contribution in [0.1, 0.15) is 0 Å². The number of oxazole rings is 1. The van der Waals surface area contributed by atoms with Crippen LogP contribution in [0.15, 0.2) is 132 Å². The minimum absolute atomic E-state index is 0. The van der Waals surface area contributed by atoms with E-state index in [2.05, 4.69) is 62.2 Å². The molecule has 0 aliphatic rings. The van der Waals surface area contributed by atoms with Crippen LogP contribution in [0, 0.1) is 12.1 Å². The van der Waals surface area contributed by atoms with Crippen molar-refractivity contribution in [2.75, 3.05) is 0 Å². The van der Waals surface area contributed by atoms with Gasteiger partial charge in [0.25, 0.3) is 0 Å². The van der Waals surface area contributed by atoms with Crippen molar-refractivity contribution in [3.63, 3.8) is 0 Å². The molecule has 0 atom stereocenters. The molecule has 0 N–H and O–H groups in total. The van der Waals surface area contributed by atoms with Gasteiger partial charge in [0, 0.05) is 36.5 Å². The van der Waals surface area contributed by atoms with E-state index in [4.69, 9.17) is 9.40 Å². The number of aromatic nitrogens is 7. The monoisotopic (exact) mass is 762 g/mol. The van der Waals surface area contributed by atoms with Crippen LogP contribution in [-0.4, -0.2) is 34.1 Å². The van der Waals surface area contributed by atoms with Crippen molar-refractivity contribution in [3.8, 4) is 39.8 Å². The Morgan fingerprint density at radius 3 is 2.33 bits per heavy atom. The number of para-hydroxylation sites is 2. The van der Waals surface area contributed by atoms with E-state index in [0.29, 0.717) is 17.0 Å². The number of fused-ring (bicyclic) bond motifs is 4. The molecule has 9 aromatic rings. The first-order chi connectivity index (χ1) is 21.8. The molecule has 0 aliphatic carbocycles. The van der Waals surface area contributed by atoms with E-state index in [9.17, 15) is 0 Å². The molecule has 45 heavy (non-hydrogen) atoms. The first-order valence-corrected chi connectivity index (χ1v) is 14.1. The fourth-order valence-corrected chi connectivity index (χ4v) is 5.77. The zero-order chi connectivity index (χ0) is 29.0. The van der Waals surface area contributed by atoms with Crippen LogP contribution in [0.4, 0.5) is 0 Å². The summed E-state index contributed by atoms with van der Waals surface area (Å²) in [6, 6.07) is 39.4. The third-order valence-electron chi connectivity index (χ3n) is 7.76. The van der Waals surface area contributed by atoms with Crippen molar-refractivity contribution in [2.24, 2.45) is 0 Å². The summed E-state index contributed by atoms with van der Waals surface area (Å²) < 4.78 is 12.2. The first kappa shape index (κ1) is 27.0. The Labute approximate surface area is 271 Å². The molecule has 0 bridgehead atoms. The molecule has 9 heteroatoms. The van der Waals surface area contributed by atoms with E-state index in [1.165, 1.54) is 0 Å². The smallest absolute Gasteiger partial charge is 0.481 e. The summed E-state index contributed by atoms with van der Waals surface area (Å²) >= 11 is 0. The normalized spacial score (nSPS) is 11.4. The van der Waals surface area contributed by atoms with E-state index >= 15 is 0 Å². The summed E-state index contributed by atoms with van der Waals surface area (Å²) in [6.07, 6.45) is 9.19. The van der Waals surface area contributed by atoms with Gasteiger partial charge in [-0.1, -0.05) is 35.2 Å². The molecule has 0 fully saturated rings. The molecular weight excluding hydrogens is 742 g/mol. The number of benzene rings is 4. The fourth-order valence-electron chi connectivity index (χ4n) is 5.77. The van der Waals surface area contributed by atoms with Crippen LogP contribution in [0.2, 0.25) is 0 Å². The van der Waals surface area contributed by atoms with Crippen LogP contribution in [0.25, 0.3) is 72.7 Å². The molecule has 0 saturated heterocycles. The first-order valence-electron chi connectivity index (χ1n) is 14.1. The Morgan fingerprint density at radius 2 is 1.53 bits per heavy atom. The summed E-state index contributed by atoms with van der Waals surface area (Å²) in [5.74, 6) is 0.471. The largest absolute Gasteiger partial charge is 2.00 e. The SMILES string of the molecule is [Pt+2].[c-]1c(-c2ccccn2)cccc1-n1c2[c-]c(-c3nc4ccccc4o3)c(-n3cccn3)cc2c2cc(-n3cccn3)ccc21. The summed E-state index contributed by atoms with van der Waals surface area (Å²) in [7, 11) is 0. The topological polar surface area (TPSA) is 79.5 Å². The second-order valence-electron chi connectivity index (χ2n) is 10.4. The third kappa shape index (κ3) is 4.50. The zero-order valence-corrected chi connectivity index (χ0v) is 25.8. The zero-order valence-electron chi connectivity index (χ0n) is 23.5. The molecule has 216 valence electrons. The molecule has 0 unspecified atom stereocenters. The van der Waals surface area contributed by atoms with Crippen molar-refractivity contribution in [3.05, 3.63) is 140 Å². The van der Waals surface area contributed by atoms with Gasteiger partial charge in [0.1, 0.15) is 11.5 Å². The quantitative estimate of drug-likeness (QED) is 0.169. The molecule has 4 aromatic carbocycles. The second kappa shape index (κ2) is 10.8. The van der Waals surface area contributed by atoms with Gasteiger partial charge in [0.15, 0.2) is 0 Å². The van der Waals surface area contributed by atoms with Gasteiger partial charge >= 0.3 is 21.1 Å². The van der Waals surface area contributed by atoms with Crippen molar-refractivity contribution in [1.29, 1.82) is 0 Å². The Hall–Kier alpha value is -5.59. The third-order valence-corrected chi connectivity index (χ3v) is 7.76.